The normalized spacial score (nSPS) is 10.6. The summed E-state index contributed by atoms with van der Waals surface area (Å²) in [5.41, 5.74) is 1.40. The predicted octanol–water partition coefficient (Wildman–Crippen LogP) is 4.86. The molecule has 3 nitrogen and oxygen atoms in total. The Kier molecular flexibility index (Phi) is 9.83. The number of ether oxygens (including phenoxy) is 1. The summed E-state index contributed by atoms with van der Waals surface area (Å²) < 4.78 is 31.3. The Morgan fingerprint density at radius 2 is 2.09 bits per heavy atom. The van der Waals surface area contributed by atoms with Crippen LogP contribution in [0, 0.1) is 5.82 Å². The molecule has 1 aromatic carbocycles. The quantitative estimate of drug-likeness (QED) is 0.420. The summed E-state index contributed by atoms with van der Waals surface area (Å²) >= 11 is 3.23. The minimum Gasteiger partial charge on any atom is -0.449 e. The first-order chi connectivity index (χ1) is 11.1. The summed E-state index contributed by atoms with van der Waals surface area (Å²) in [6.07, 6.45) is 2.11. The van der Waals surface area contributed by atoms with E-state index >= 15 is 0 Å². The van der Waals surface area contributed by atoms with Gasteiger partial charge in [0.15, 0.2) is 0 Å². The van der Waals surface area contributed by atoms with Gasteiger partial charge in [0.05, 0.1) is 13.3 Å². The molecule has 0 aromatic heterocycles. The molecule has 0 radical (unpaired) electrons. The van der Waals surface area contributed by atoms with Gasteiger partial charge in [-0.15, -0.1) is 0 Å². The van der Waals surface area contributed by atoms with Crippen molar-refractivity contribution in [2.75, 3.05) is 26.4 Å². The molecule has 23 heavy (non-hydrogen) atoms. The van der Waals surface area contributed by atoms with Crippen molar-refractivity contribution in [3.8, 4) is 0 Å². The lowest BCUT2D eigenvalue weighted by Crippen LogP contribution is -2.34. The molecule has 0 aliphatic carbocycles. The van der Waals surface area contributed by atoms with Gasteiger partial charge in [-0.05, 0) is 36.5 Å². The SMILES string of the molecule is CCCCOC(=O)N(CCCF)CCc1ccc(CBr)c(F)c1. The third-order valence-corrected chi connectivity index (χ3v) is 4.08. The van der Waals surface area contributed by atoms with Crippen LogP contribution in [0.25, 0.3) is 0 Å². The molecule has 0 atom stereocenters. The van der Waals surface area contributed by atoms with E-state index in [9.17, 15) is 13.6 Å². The van der Waals surface area contributed by atoms with E-state index in [1.54, 1.807) is 6.07 Å². The van der Waals surface area contributed by atoms with Crippen LogP contribution in [0.3, 0.4) is 0 Å². The van der Waals surface area contributed by atoms with Crippen molar-refractivity contribution in [1.82, 2.24) is 4.90 Å². The first kappa shape index (κ1) is 19.9. The maximum absolute atomic E-state index is 13.8. The highest BCUT2D eigenvalue weighted by Gasteiger charge is 2.15. The molecule has 0 aliphatic rings. The maximum Gasteiger partial charge on any atom is 0.409 e. The Morgan fingerprint density at radius 3 is 2.70 bits per heavy atom. The number of benzene rings is 1. The molecule has 0 fully saturated rings. The zero-order valence-electron chi connectivity index (χ0n) is 13.5. The van der Waals surface area contributed by atoms with Crippen molar-refractivity contribution in [3.05, 3.63) is 35.1 Å². The lowest BCUT2D eigenvalue weighted by Gasteiger charge is -2.21. The number of hydrogen-bond acceptors (Lipinski definition) is 2. The summed E-state index contributed by atoms with van der Waals surface area (Å²) in [5.74, 6) is -0.264. The van der Waals surface area contributed by atoms with Crippen LogP contribution in [0.5, 0.6) is 0 Å². The Hall–Kier alpha value is -1.17. The second-order valence-electron chi connectivity index (χ2n) is 5.31. The van der Waals surface area contributed by atoms with Crippen LogP contribution in [-0.2, 0) is 16.5 Å². The Balaban J connectivity index is 2.58. The largest absolute Gasteiger partial charge is 0.449 e. The molecule has 1 rings (SSSR count). The zero-order chi connectivity index (χ0) is 17.1. The lowest BCUT2D eigenvalue weighted by molar-refractivity contribution is 0.100. The van der Waals surface area contributed by atoms with Gasteiger partial charge in [0.1, 0.15) is 5.82 Å². The van der Waals surface area contributed by atoms with E-state index in [-0.39, 0.29) is 12.2 Å². The van der Waals surface area contributed by atoms with Gasteiger partial charge in [0.25, 0.3) is 0 Å². The van der Waals surface area contributed by atoms with Crippen LogP contribution in [0.15, 0.2) is 18.2 Å². The smallest absolute Gasteiger partial charge is 0.409 e. The van der Waals surface area contributed by atoms with Crippen LogP contribution < -0.4 is 0 Å². The van der Waals surface area contributed by atoms with Crippen molar-refractivity contribution < 1.29 is 18.3 Å². The molecule has 1 amide bonds. The number of amides is 1. The monoisotopic (exact) mass is 391 g/mol. The first-order valence-electron chi connectivity index (χ1n) is 7.93. The molecule has 0 bridgehead atoms. The van der Waals surface area contributed by atoms with Crippen molar-refractivity contribution >= 4 is 22.0 Å². The molecule has 0 saturated heterocycles. The van der Waals surface area contributed by atoms with Gasteiger partial charge in [0.2, 0.25) is 0 Å². The molecular weight excluding hydrogens is 368 g/mol. The number of carbonyl (C=O) groups excluding carboxylic acids is 1. The number of halogens is 3. The second kappa shape index (κ2) is 11.4. The van der Waals surface area contributed by atoms with Crippen molar-refractivity contribution in [2.24, 2.45) is 0 Å². The third kappa shape index (κ3) is 7.29. The van der Waals surface area contributed by atoms with Gasteiger partial charge >= 0.3 is 6.09 Å². The van der Waals surface area contributed by atoms with Gasteiger partial charge in [-0.2, -0.15) is 0 Å². The molecule has 0 spiro atoms. The van der Waals surface area contributed by atoms with Gasteiger partial charge in [-0.25, -0.2) is 9.18 Å². The highest BCUT2D eigenvalue weighted by atomic mass is 79.9. The second-order valence-corrected chi connectivity index (χ2v) is 5.87. The number of rotatable bonds is 10. The van der Waals surface area contributed by atoms with Crippen LogP contribution in [0.1, 0.15) is 37.3 Å². The molecular formula is C17H24BrF2NO2. The van der Waals surface area contributed by atoms with E-state index < -0.39 is 12.8 Å². The minimum atomic E-state index is -0.479. The van der Waals surface area contributed by atoms with E-state index in [4.69, 9.17) is 4.74 Å². The Labute approximate surface area is 145 Å². The van der Waals surface area contributed by atoms with Crippen LogP contribution in [-0.4, -0.2) is 37.4 Å². The average molecular weight is 392 g/mol. The first-order valence-corrected chi connectivity index (χ1v) is 9.05. The fourth-order valence-electron chi connectivity index (χ4n) is 2.06. The number of nitrogens with zero attached hydrogens (tertiary/aromatic N) is 1. The third-order valence-electron chi connectivity index (χ3n) is 3.48. The fourth-order valence-corrected chi connectivity index (χ4v) is 2.51. The molecule has 0 N–H and O–H groups in total. The number of hydrogen-bond donors (Lipinski definition) is 0. The maximum atomic E-state index is 13.8. The van der Waals surface area contributed by atoms with Crippen LogP contribution in [0.4, 0.5) is 13.6 Å². The Bertz CT molecular complexity index is 486. The fraction of sp³-hybridized carbons (Fsp3) is 0.588. The molecule has 1 aromatic rings. The average Bonchev–Trinajstić information content (AvgIpc) is 2.55. The molecule has 0 heterocycles. The molecule has 0 aliphatic heterocycles. The summed E-state index contributed by atoms with van der Waals surface area (Å²) in [4.78, 5) is 13.5. The van der Waals surface area contributed by atoms with Crippen molar-refractivity contribution in [2.45, 2.75) is 37.9 Å². The summed E-state index contributed by atoms with van der Waals surface area (Å²) in [6, 6.07) is 5.05. The molecule has 6 heteroatoms. The van der Waals surface area contributed by atoms with Gasteiger partial charge in [-0.3, -0.25) is 4.39 Å². The van der Waals surface area contributed by atoms with Crippen molar-refractivity contribution in [3.63, 3.8) is 0 Å². The van der Waals surface area contributed by atoms with Gasteiger partial charge in [0, 0.05) is 18.4 Å². The Morgan fingerprint density at radius 1 is 1.30 bits per heavy atom. The zero-order valence-corrected chi connectivity index (χ0v) is 15.1. The molecule has 0 saturated carbocycles. The van der Waals surface area contributed by atoms with Crippen LogP contribution >= 0.6 is 15.9 Å². The molecule has 0 unspecified atom stereocenters. The van der Waals surface area contributed by atoms with E-state index in [1.165, 1.54) is 11.0 Å². The van der Waals surface area contributed by atoms with Crippen molar-refractivity contribution in [1.29, 1.82) is 0 Å². The summed E-state index contributed by atoms with van der Waals surface area (Å²) in [5, 5.41) is 0.464. The highest BCUT2D eigenvalue weighted by Crippen LogP contribution is 2.14. The van der Waals surface area contributed by atoms with E-state index in [1.807, 2.05) is 13.0 Å². The lowest BCUT2D eigenvalue weighted by atomic mass is 10.1. The van der Waals surface area contributed by atoms with Gasteiger partial charge < -0.3 is 9.64 Å². The topological polar surface area (TPSA) is 29.5 Å². The minimum absolute atomic E-state index is 0.264. The molecule has 130 valence electrons. The van der Waals surface area contributed by atoms with E-state index in [2.05, 4.69) is 15.9 Å². The predicted molar refractivity (Wildman–Crippen MR) is 91.2 cm³/mol. The number of unbranched alkanes of at least 4 members (excludes halogenated alkanes) is 1. The van der Waals surface area contributed by atoms with Crippen LogP contribution in [0.2, 0.25) is 0 Å². The van der Waals surface area contributed by atoms with E-state index in [0.717, 1.165) is 18.4 Å². The van der Waals surface area contributed by atoms with Gasteiger partial charge in [-0.1, -0.05) is 41.4 Å². The standard InChI is InChI=1S/C17H24BrF2NO2/c1-2-3-11-23-17(22)21(9-4-8-19)10-7-14-5-6-15(13-18)16(20)12-14/h5-6,12H,2-4,7-11,13H2,1H3. The summed E-state index contributed by atoms with van der Waals surface area (Å²) in [7, 11) is 0. The van der Waals surface area contributed by atoms with E-state index in [0.29, 0.717) is 37.0 Å². The summed E-state index contributed by atoms with van der Waals surface area (Å²) in [6.45, 7) is 2.60. The number of carbonyl (C=O) groups is 1. The number of alkyl halides is 2. The highest BCUT2D eigenvalue weighted by molar-refractivity contribution is 9.08.